The molecule has 1 saturated heterocycles. The number of hydrogen-bond donors (Lipinski definition) is 2. The summed E-state index contributed by atoms with van der Waals surface area (Å²) < 4.78 is 16.1. The molecule has 0 saturated carbocycles. The Kier molecular flexibility index (Phi) is 5.01. The highest BCUT2D eigenvalue weighted by atomic mass is 16.5. The van der Waals surface area contributed by atoms with Crippen molar-refractivity contribution in [2.45, 2.75) is 18.9 Å². The van der Waals surface area contributed by atoms with Crippen molar-refractivity contribution < 1.29 is 14.2 Å². The van der Waals surface area contributed by atoms with E-state index in [9.17, 15) is 0 Å². The molecule has 0 aliphatic carbocycles. The summed E-state index contributed by atoms with van der Waals surface area (Å²) in [6.45, 7) is 1.65. The molecule has 5 nitrogen and oxygen atoms in total. The highest BCUT2D eigenvalue weighted by Crippen LogP contribution is 2.33. The molecule has 0 bridgehead atoms. The summed E-state index contributed by atoms with van der Waals surface area (Å²) in [5.41, 5.74) is 3.90. The van der Waals surface area contributed by atoms with E-state index in [4.69, 9.17) is 20.1 Å². The van der Waals surface area contributed by atoms with Crippen molar-refractivity contribution in [1.29, 1.82) is 0 Å². The molecule has 0 radical (unpaired) electrons. The van der Waals surface area contributed by atoms with E-state index in [0.717, 1.165) is 43.1 Å². The van der Waals surface area contributed by atoms with Crippen molar-refractivity contribution in [2.24, 2.45) is 11.8 Å². The Morgan fingerprint density at radius 2 is 2.26 bits per heavy atom. The number of nitrogens with two attached hydrogens (primary N) is 1. The maximum absolute atomic E-state index is 5.71. The van der Waals surface area contributed by atoms with Gasteiger partial charge in [0.25, 0.3) is 0 Å². The van der Waals surface area contributed by atoms with E-state index >= 15 is 0 Å². The molecule has 1 aromatic carbocycles. The molecular formula is C14H22N2O3. The van der Waals surface area contributed by atoms with Crippen LogP contribution in [0, 0.1) is 5.92 Å². The molecule has 1 aromatic rings. The van der Waals surface area contributed by atoms with Gasteiger partial charge in [-0.3, -0.25) is 11.3 Å². The van der Waals surface area contributed by atoms with Gasteiger partial charge in [-0.1, -0.05) is 0 Å². The number of rotatable bonds is 6. The summed E-state index contributed by atoms with van der Waals surface area (Å²) >= 11 is 0. The number of hydrazine groups is 1. The smallest absolute Gasteiger partial charge is 0.123 e. The Hall–Kier alpha value is -1.30. The van der Waals surface area contributed by atoms with Crippen LogP contribution in [-0.2, 0) is 4.74 Å². The molecule has 1 heterocycles. The third-order valence-electron chi connectivity index (χ3n) is 3.61. The van der Waals surface area contributed by atoms with E-state index in [1.54, 1.807) is 14.2 Å². The van der Waals surface area contributed by atoms with Gasteiger partial charge in [0.1, 0.15) is 11.5 Å². The lowest BCUT2D eigenvalue weighted by Crippen LogP contribution is -2.30. The molecular weight excluding hydrogens is 244 g/mol. The van der Waals surface area contributed by atoms with Crippen molar-refractivity contribution in [1.82, 2.24) is 5.43 Å². The zero-order valence-electron chi connectivity index (χ0n) is 11.5. The molecule has 0 amide bonds. The summed E-state index contributed by atoms with van der Waals surface area (Å²) in [6, 6.07) is 5.80. The Morgan fingerprint density at radius 1 is 1.42 bits per heavy atom. The topological polar surface area (TPSA) is 65.7 Å². The van der Waals surface area contributed by atoms with Gasteiger partial charge in [0.2, 0.25) is 0 Å². The van der Waals surface area contributed by atoms with Gasteiger partial charge in [-0.2, -0.15) is 0 Å². The number of methoxy groups -OCH3 is 2. The maximum atomic E-state index is 5.71. The van der Waals surface area contributed by atoms with Gasteiger partial charge in [0.15, 0.2) is 0 Å². The average molecular weight is 266 g/mol. The van der Waals surface area contributed by atoms with E-state index in [2.05, 4.69) is 5.43 Å². The lowest BCUT2D eigenvalue weighted by molar-refractivity contribution is 0.181. The van der Waals surface area contributed by atoms with Crippen LogP contribution in [0.4, 0.5) is 0 Å². The molecule has 19 heavy (non-hydrogen) atoms. The van der Waals surface area contributed by atoms with Gasteiger partial charge in [-0.05, 0) is 37.0 Å². The van der Waals surface area contributed by atoms with E-state index in [-0.39, 0.29) is 6.04 Å². The van der Waals surface area contributed by atoms with Crippen molar-refractivity contribution >= 4 is 0 Å². The van der Waals surface area contributed by atoms with Crippen molar-refractivity contribution in [2.75, 3.05) is 27.4 Å². The molecule has 1 fully saturated rings. The summed E-state index contributed by atoms with van der Waals surface area (Å²) in [4.78, 5) is 0. The predicted molar refractivity (Wildman–Crippen MR) is 73.2 cm³/mol. The highest BCUT2D eigenvalue weighted by molar-refractivity contribution is 5.42. The van der Waals surface area contributed by atoms with Crippen LogP contribution in [-0.4, -0.2) is 27.4 Å². The lowest BCUT2D eigenvalue weighted by Gasteiger charge is -2.22. The zero-order valence-corrected chi connectivity index (χ0v) is 11.5. The summed E-state index contributed by atoms with van der Waals surface area (Å²) in [6.07, 6.45) is 2.02. The Balaban J connectivity index is 2.19. The first kappa shape index (κ1) is 14.1. The lowest BCUT2D eigenvalue weighted by atomic mass is 9.94. The van der Waals surface area contributed by atoms with Crippen molar-refractivity contribution in [3.63, 3.8) is 0 Å². The SMILES string of the molecule is COc1ccc(OC)c(C(CC2CCOC2)NN)c1. The number of nitrogens with one attached hydrogen (secondary N) is 1. The van der Waals surface area contributed by atoms with Crippen LogP contribution >= 0.6 is 0 Å². The molecule has 2 unspecified atom stereocenters. The Bertz CT molecular complexity index is 406. The van der Waals surface area contributed by atoms with E-state index in [1.165, 1.54) is 0 Å². The van der Waals surface area contributed by atoms with Crippen LogP contribution in [0.25, 0.3) is 0 Å². The minimum Gasteiger partial charge on any atom is -0.497 e. The largest absolute Gasteiger partial charge is 0.497 e. The third-order valence-corrected chi connectivity index (χ3v) is 3.61. The zero-order chi connectivity index (χ0) is 13.7. The quantitative estimate of drug-likeness (QED) is 0.605. The van der Waals surface area contributed by atoms with Gasteiger partial charge >= 0.3 is 0 Å². The molecule has 2 atom stereocenters. The predicted octanol–water partition coefficient (Wildman–Crippen LogP) is 1.63. The second-order valence-electron chi connectivity index (χ2n) is 4.79. The molecule has 0 aromatic heterocycles. The van der Waals surface area contributed by atoms with Gasteiger partial charge in [-0.15, -0.1) is 0 Å². The molecule has 3 N–H and O–H groups in total. The third kappa shape index (κ3) is 3.37. The summed E-state index contributed by atoms with van der Waals surface area (Å²) in [5, 5.41) is 0. The number of benzene rings is 1. The number of hydrogen-bond acceptors (Lipinski definition) is 5. The Labute approximate surface area is 114 Å². The monoisotopic (exact) mass is 266 g/mol. The molecule has 1 aliphatic rings. The fraction of sp³-hybridized carbons (Fsp3) is 0.571. The summed E-state index contributed by atoms with van der Waals surface area (Å²) in [5.74, 6) is 7.88. The summed E-state index contributed by atoms with van der Waals surface area (Å²) in [7, 11) is 3.32. The van der Waals surface area contributed by atoms with E-state index in [0.29, 0.717) is 5.92 Å². The molecule has 5 heteroatoms. The van der Waals surface area contributed by atoms with Gasteiger partial charge in [-0.25, -0.2) is 0 Å². The molecule has 0 spiro atoms. The number of ether oxygens (including phenoxy) is 3. The standard InChI is InChI=1S/C14H22N2O3/c1-17-11-3-4-14(18-2)12(8-11)13(16-15)7-10-5-6-19-9-10/h3-4,8,10,13,16H,5-7,9,15H2,1-2H3. The van der Waals surface area contributed by atoms with E-state index < -0.39 is 0 Å². The van der Waals surface area contributed by atoms with Gasteiger partial charge < -0.3 is 14.2 Å². The highest BCUT2D eigenvalue weighted by Gasteiger charge is 2.23. The molecule has 2 rings (SSSR count). The molecule has 1 aliphatic heterocycles. The van der Waals surface area contributed by atoms with Crippen LogP contribution < -0.4 is 20.7 Å². The van der Waals surface area contributed by atoms with Crippen LogP contribution in [0.2, 0.25) is 0 Å². The normalized spacial score (nSPS) is 20.3. The molecule has 106 valence electrons. The minimum atomic E-state index is 0.0387. The Morgan fingerprint density at radius 3 is 2.84 bits per heavy atom. The van der Waals surface area contributed by atoms with Crippen LogP contribution in [0.3, 0.4) is 0 Å². The van der Waals surface area contributed by atoms with Crippen LogP contribution in [0.5, 0.6) is 11.5 Å². The van der Waals surface area contributed by atoms with Crippen molar-refractivity contribution in [3.05, 3.63) is 23.8 Å². The first-order valence-electron chi connectivity index (χ1n) is 6.54. The minimum absolute atomic E-state index is 0.0387. The first-order valence-corrected chi connectivity index (χ1v) is 6.54. The maximum Gasteiger partial charge on any atom is 0.123 e. The second-order valence-corrected chi connectivity index (χ2v) is 4.79. The fourth-order valence-corrected chi connectivity index (χ4v) is 2.50. The second kappa shape index (κ2) is 6.75. The fourth-order valence-electron chi connectivity index (χ4n) is 2.50. The van der Waals surface area contributed by atoms with Gasteiger partial charge in [0.05, 0.1) is 20.3 Å². The van der Waals surface area contributed by atoms with Crippen molar-refractivity contribution in [3.8, 4) is 11.5 Å². The van der Waals surface area contributed by atoms with Crippen LogP contribution in [0.1, 0.15) is 24.4 Å². The van der Waals surface area contributed by atoms with Crippen LogP contribution in [0.15, 0.2) is 18.2 Å². The van der Waals surface area contributed by atoms with Gasteiger partial charge in [0, 0.05) is 18.8 Å². The van der Waals surface area contributed by atoms with E-state index in [1.807, 2.05) is 18.2 Å². The first-order chi connectivity index (χ1) is 9.28. The average Bonchev–Trinajstić information content (AvgIpc) is 2.97.